The molecule has 0 bridgehead atoms. The molecule has 0 saturated carbocycles. The van der Waals surface area contributed by atoms with E-state index in [4.69, 9.17) is 4.43 Å². The first-order valence-corrected chi connectivity index (χ1v) is 11.1. The van der Waals surface area contributed by atoms with E-state index in [-0.39, 0.29) is 18.1 Å². The summed E-state index contributed by atoms with van der Waals surface area (Å²) < 4.78 is 6.73. The van der Waals surface area contributed by atoms with Crippen molar-refractivity contribution in [2.45, 2.75) is 70.3 Å². The molecule has 0 aliphatic carbocycles. The summed E-state index contributed by atoms with van der Waals surface area (Å²) in [6, 6.07) is 8.01. The van der Waals surface area contributed by atoms with Gasteiger partial charge in [-0.1, -0.05) is 78.5 Å². The summed E-state index contributed by atoms with van der Waals surface area (Å²) in [7, 11) is -2.09. The van der Waals surface area contributed by atoms with Gasteiger partial charge in [-0.15, -0.1) is 0 Å². The second-order valence-corrected chi connectivity index (χ2v) is 13.1. The Morgan fingerprint density at radius 3 is 2.08 bits per heavy atom. The van der Waals surface area contributed by atoms with Crippen LogP contribution in [0.5, 0.6) is 0 Å². The second-order valence-electron chi connectivity index (χ2n) is 7.68. The fourth-order valence-electron chi connectivity index (χ4n) is 4.34. The monoisotopic (exact) mass is 345 g/mol. The highest BCUT2D eigenvalue weighted by Gasteiger charge is 2.52. The zero-order valence-corrected chi connectivity index (χ0v) is 16.8. The predicted molar refractivity (Wildman–Crippen MR) is 103 cm³/mol. The molecule has 1 N–H and O–H groups in total. The van der Waals surface area contributed by atoms with Crippen molar-refractivity contribution < 1.29 is 9.22 Å². The molecule has 132 valence electrons. The van der Waals surface area contributed by atoms with Crippen LogP contribution in [0, 0.1) is 0 Å². The number of nitrogens with one attached hydrogen (secondary N) is 1. The Hall–Kier alpha value is -1.39. The average Bonchev–Trinajstić information content (AvgIpc) is 2.52. The van der Waals surface area contributed by atoms with E-state index >= 15 is 0 Å². The number of carbonyl (C=O) groups is 1. The van der Waals surface area contributed by atoms with Gasteiger partial charge in [-0.05, 0) is 27.8 Å². The van der Waals surface area contributed by atoms with E-state index in [1.54, 1.807) is 0 Å². The SMILES string of the molecule is C=Cc1ccccc1[C@@H]1NC(=O)[C@@H]1O[Si](C(C)C)(C(C)C)C(C)C. The largest absolute Gasteiger partial charge is 0.402 e. The topological polar surface area (TPSA) is 38.3 Å². The van der Waals surface area contributed by atoms with Gasteiger partial charge >= 0.3 is 0 Å². The Bertz CT molecular complexity index is 588. The maximum absolute atomic E-state index is 12.3. The van der Waals surface area contributed by atoms with E-state index in [1.165, 1.54) is 0 Å². The molecule has 24 heavy (non-hydrogen) atoms. The van der Waals surface area contributed by atoms with Gasteiger partial charge in [0.15, 0.2) is 0 Å². The van der Waals surface area contributed by atoms with Crippen molar-refractivity contribution in [3.8, 4) is 0 Å². The van der Waals surface area contributed by atoms with Crippen molar-refractivity contribution in [3.63, 3.8) is 0 Å². The average molecular weight is 346 g/mol. The second kappa shape index (κ2) is 7.24. The number of hydrogen-bond acceptors (Lipinski definition) is 2. The summed E-state index contributed by atoms with van der Waals surface area (Å²) in [6.45, 7) is 17.4. The number of hydrogen-bond donors (Lipinski definition) is 1. The van der Waals surface area contributed by atoms with Gasteiger partial charge in [-0.2, -0.15) is 0 Å². The summed E-state index contributed by atoms with van der Waals surface area (Å²) in [6.07, 6.45) is 1.46. The van der Waals surface area contributed by atoms with Crippen LogP contribution < -0.4 is 5.32 Å². The lowest BCUT2D eigenvalue weighted by atomic mass is 9.90. The number of β-lactam (4-membered cyclic amide) rings is 1. The lowest BCUT2D eigenvalue weighted by molar-refractivity contribution is -0.141. The van der Waals surface area contributed by atoms with Crippen LogP contribution in [0.4, 0.5) is 0 Å². The van der Waals surface area contributed by atoms with Gasteiger partial charge in [0, 0.05) is 0 Å². The minimum Gasteiger partial charge on any atom is -0.402 e. The highest BCUT2D eigenvalue weighted by molar-refractivity contribution is 6.77. The standard InChI is InChI=1S/C20H31NO2Si/c1-8-16-11-9-10-12-17(16)18-19(20(22)21-18)23-24(13(2)3,14(4)5)15(6)7/h8-15,18-19H,1H2,2-7H3,(H,21,22)/t18-,19+/m0/s1. The Morgan fingerprint density at radius 2 is 1.62 bits per heavy atom. The molecule has 0 radical (unpaired) electrons. The highest BCUT2D eigenvalue weighted by Crippen LogP contribution is 2.45. The third-order valence-corrected chi connectivity index (χ3v) is 11.5. The summed E-state index contributed by atoms with van der Waals surface area (Å²) in [4.78, 5) is 12.3. The van der Waals surface area contributed by atoms with Crippen LogP contribution in [-0.4, -0.2) is 20.3 Å². The lowest BCUT2D eigenvalue weighted by Gasteiger charge is -2.49. The molecule has 1 aliphatic heterocycles. The minimum absolute atomic E-state index is 0.0118. The van der Waals surface area contributed by atoms with Crippen molar-refractivity contribution in [3.05, 3.63) is 42.0 Å². The van der Waals surface area contributed by atoms with Crippen LogP contribution in [0.1, 0.15) is 58.7 Å². The first kappa shape index (κ1) is 18.9. The van der Waals surface area contributed by atoms with Crippen molar-refractivity contribution in [1.29, 1.82) is 0 Å². The summed E-state index contributed by atoms with van der Waals surface area (Å²) in [5.74, 6) is 0.0118. The first-order chi connectivity index (χ1) is 11.3. The van der Waals surface area contributed by atoms with Crippen molar-refractivity contribution in [2.24, 2.45) is 0 Å². The quantitative estimate of drug-likeness (QED) is 0.554. The normalized spacial score (nSPS) is 21.1. The molecule has 2 atom stereocenters. The molecular formula is C20H31NO2Si. The number of amides is 1. The van der Waals surface area contributed by atoms with E-state index in [1.807, 2.05) is 24.3 Å². The maximum atomic E-state index is 12.3. The molecule has 1 amide bonds. The fraction of sp³-hybridized carbons (Fsp3) is 0.550. The summed E-state index contributed by atoms with van der Waals surface area (Å²) in [5, 5.41) is 3.03. The van der Waals surface area contributed by atoms with E-state index in [0.717, 1.165) is 11.1 Å². The zero-order chi connectivity index (χ0) is 18.1. The molecule has 1 fully saturated rings. The Kier molecular flexibility index (Phi) is 5.71. The lowest BCUT2D eigenvalue weighted by Crippen LogP contribution is -2.63. The molecule has 4 heteroatoms. The maximum Gasteiger partial charge on any atom is 0.251 e. The first-order valence-electron chi connectivity index (χ1n) is 8.95. The van der Waals surface area contributed by atoms with Crippen LogP contribution in [-0.2, 0) is 9.22 Å². The van der Waals surface area contributed by atoms with Gasteiger partial charge in [0.05, 0.1) is 6.04 Å². The van der Waals surface area contributed by atoms with Crippen LogP contribution in [0.3, 0.4) is 0 Å². The molecule has 0 unspecified atom stereocenters. The molecule has 0 aromatic heterocycles. The van der Waals surface area contributed by atoms with Gasteiger partial charge in [0.25, 0.3) is 5.91 Å². The smallest absolute Gasteiger partial charge is 0.251 e. The molecule has 0 spiro atoms. The van der Waals surface area contributed by atoms with Crippen molar-refractivity contribution in [2.75, 3.05) is 0 Å². The van der Waals surface area contributed by atoms with Crippen molar-refractivity contribution in [1.82, 2.24) is 5.32 Å². The molecular weight excluding hydrogens is 314 g/mol. The number of benzene rings is 1. The molecule has 1 saturated heterocycles. The Balaban J connectivity index is 2.35. The Morgan fingerprint density at radius 1 is 1.08 bits per heavy atom. The fourth-order valence-corrected chi connectivity index (χ4v) is 9.84. The molecule has 1 aliphatic rings. The predicted octanol–water partition coefficient (Wildman–Crippen LogP) is 5.06. The molecule has 1 heterocycles. The van der Waals surface area contributed by atoms with Gasteiger partial charge in [0.2, 0.25) is 8.32 Å². The van der Waals surface area contributed by atoms with Gasteiger partial charge in [0.1, 0.15) is 6.10 Å². The van der Waals surface area contributed by atoms with Gasteiger partial charge in [-0.25, -0.2) is 0 Å². The summed E-state index contributed by atoms with van der Waals surface area (Å²) >= 11 is 0. The van der Waals surface area contributed by atoms with E-state index < -0.39 is 8.32 Å². The molecule has 2 rings (SSSR count). The van der Waals surface area contributed by atoms with E-state index in [9.17, 15) is 4.79 Å². The summed E-state index contributed by atoms with van der Waals surface area (Å²) in [5.41, 5.74) is 3.53. The van der Waals surface area contributed by atoms with Crippen LogP contribution in [0.15, 0.2) is 30.8 Å². The Labute approximate surface area is 147 Å². The highest BCUT2D eigenvalue weighted by atomic mass is 28.4. The number of carbonyl (C=O) groups excluding carboxylic acids is 1. The van der Waals surface area contributed by atoms with Crippen LogP contribution in [0.25, 0.3) is 6.08 Å². The zero-order valence-electron chi connectivity index (χ0n) is 15.8. The van der Waals surface area contributed by atoms with Crippen LogP contribution >= 0.6 is 0 Å². The van der Waals surface area contributed by atoms with Crippen molar-refractivity contribution >= 4 is 20.3 Å². The molecule has 3 nitrogen and oxygen atoms in total. The molecule has 1 aromatic rings. The third-order valence-electron chi connectivity index (χ3n) is 5.45. The minimum atomic E-state index is -2.09. The van der Waals surface area contributed by atoms with E-state index in [2.05, 4.69) is 59.5 Å². The molecule has 1 aromatic carbocycles. The van der Waals surface area contributed by atoms with Gasteiger partial charge < -0.3 is 9.74 Å². The third kappa shape index (κ3) is 3.09. The van der Waals surface area contributed by atoms with E-state index in [0.29, 0.717) is 16.6 Å². The van der Waals surface area contributed by atoms with Gasteiger partial charge in [-0.3, -0.25) is 4.79 Å². The van der Waals surface area contributed by atoms with Crippen LogP contribution in [0.2, 0.25) is 16.6 Å². The number of rotatable bonds is 7.